The highest BCUT2D eigenvalue weighted by atomic mass is 35.5. The van der Waals surface area contributed by atoms with Crippen molar-refractivity contribution >= 4 is 28.9 Å². The van der Waals surface area contributed by atoms with Crippen LogP contribution in [-0.2, 0) is 4.79 Å². The maximum Gasteiger partial charge on any atom is 0.303 e. The monoisotopic (exact) mass is 282 g/mol. The fraction of sp³-hybridized carbons (Fsp3) is 0.500. The van der Waals surface area contributed by atoms with E-state index in [0.29, 0.717) is 6.42 Å². The molecule has 1 heterocycles. The van der Waals surface area contributed by atoms with Gasteiger partial charge in [0, 0.05) is 38.1 Å². The lowest BCUT2D eigenvalue weighted by Crippen LogP contribution is -2.25. The molecule has 0 fully saturated rings. The van der Waals surface area contributed by atoms with Crippen LogP contribution in [0.1, 0.15) is 19.3 Å². The first-order chi connectivity index (χ1) is 9.08. The van der Waals surface area contributed by atoms with Gasteiger partial charge in [-0.25, -0.2) is 0 Å². The van der Waals surface area contributed by atoms with Gasteiger partial charge in [0.15, 0.2) is 0 Å². The molecule has 0 amide bonds. The zero-order chi connectivity index (χ0) is 13.8. The second-order valence-corrected chi connectivity index (χ2v) is 5.33. The summed E-state index contributed by atoms with van der Waals surface area (Å²) in [5, 5.41) is 9.45. The summed E-state index contributed by atoms with van der Waals surface area (Å²) in [6, 6.07) is 5.91. The quantitative estimate of drug-likeness (QED) is 0.922. The second kappa shape index (κ2) is 6.15. The van der Waals surface area contributed by atoms with Gasteiger partial charge in [-0.3, -0.25) is 4.79 Å². The predicted octanol–water partition coefficient (Wildman–Crippen LogP) is 2.85. The van der Waals surface area contributed by atoms with E-state index in [4.69, 9.17) is 16.7 Å². The smallest absolute Gasteiger partial charge is 0.303 e. The number of nitrogens with zero attached hydrogens (tertiary/aromatic N) is 2. The molecule has 1 N–H and O–H groups in total. The number of rotatable bonds is 4. The van der Waals surface area contributed by atoms with Crippen LogP contribution in [0.4, 0.5) is 11.4 Å². The van der Waals surface area contributed by atoms with Crippen molar-refractivity contribution in [3.05, 3.63) is 23.2 Å². The number of carbonyl (C=O) groups is 1. The van der Waals surface area contributed by atoms with E-state index in [2.05, 4.69) is 16.8 Å². The molecule has 0 aromatic heterocycles. The highest BCUT2D eigenvalue weighted by Crippen LogP contribution is 2.34. The highest BCUT2D eigenvalue weighted by molar-refractivity contribution is 6.31. The van der Waals surface area contributed by atoms with Crippen LogP contribution in [0.5, 0.6) is 0 Å². The minimum atomic E-state index is -0.738. The van der Waals surface area contributed by atoms with Crippen LogP contribution >= 0.6 is 11.6 Å². The number of anilines is 2. The fourth-order valence-electron chi connectivity index (χ4n) is 2.47. The number of halogens is 1. The van der Waals surface area contributed by atoms with Crippen LogP contribution in [0, 0.1) is 0 Å². The van der Waals surface area contributed by atoms with Crippen LogP contribution in [0.15, 0.2) is 18.2 Å². The first kappa shape index (κ1) is 14.0. The third-order valence-corrected chi connectivity index (χ3v) is 3.66. The Labute approximate surface area is 118 Å². The van der Waals surface area contributed by atoms with Crippen LogP contribution < -0.4 is 9.80 Å². The lowest BCUT2D eigenvalue weighted by Gasteiger charge is -2.26. The molecular formula is C14H19ClN2O2. The zero-order valence-electron chi connectivity index (χ0n) is 11.1. The Morgan fingerprint density at radius 2 is 2.16 bits per heavy atom. The number of aliphatic carboxylic acids is 1. The van der Waals surface area contributed by atoms with E-state index in [1.165, 1.54) is 0 Å². The largest absolute Gasteiger partial charge is 0.481 e. The third-order valence-electron chi connectivity index (χ3n) is 3.43. The third kappa shape index (κ3) is 3.53. The van der Waals surface area contributed by atoms with E-state index in [9.17, 15) is 4.79 Å². The van der Waals surface area contributed by atoms with Crippen LogP contribution in [-0.4, -0.2) is 37.8 Å². The normalized spacial score (nSPS) is 15.1. The van der Waals surface area contributed by atoms with E-state index in [0.717, 1.165) is 42.5 Å². The molecule has 1 aromatic carbocycles. The van der Waals surface area contributed by atoms with Gasteiger partial charge in [0.25, 0.3) is 0 Å². The predicted molar refractivity (Wildman–Crippen MR) is 78.4 cm³/mol. The van der Waals surface area contributed by atoms with Gasteiger partial charge < -0.3 is 14.9 Å². The summed E-state index contributed by atoms with van der Waals surface area (Å²) < 4.78 is 0. The number of hydrogen-bond donors (Lipinski definition) is 1. The fourth-order valence-corrected chi connectivity index (χ4v) is 2.63. The summed E-state index contributed by atoms with van der Waals surface area (Å²) in [6.07, 6.45) is 1.93. The van der Waals surface area contributed by atoms with Crippen molar-refractivity contribution in [3.8, 4) is 0 Å². The van der Waals surface area contributed by atoms with E-state index in [-0.39, 0.29) is 6.42 Å². The molecule has 0 spiro atoms. The Morgan fingerprint density at radius 3 is 2.89 bits per heavy atom. The number of carboxylic acids is 1. The maximum atomic E-state index is 10.6. The Bertz CT molecular complexity index is 465. The van der Waals surface area contributed by atoms with E-state index < -0.39 is 5.97 Å². The molecule has 0 bridgehead atoms. The van der Waals surface area contributed by atoms with Crippen molar-refractivity contribution in [2.45, 2.75) is 19.3 Å². The van der Waals surface area contributed by atoms with Crippen molar-refractivity contribution in [1.29, 1.82) is 0 Å². The maximum absolute atomic E-state index is 10.6. The molecule has 0 aliphatic carbocycles. The number of fused-ring (bicyclic) bond motifs is 1. The van der Waals surface area contributed by atoms with Crippen molar-refractivity contribution in [3.63, 3.8) is 0 Å². The Kier molecular flexibility index (Phi) is 4.53. The van der Waals surface area contributed by atoms with Gasteiger partial charge in [0.2, 0.25) is 0 Å². The molecule has 4 nitrogen and oxygen atoms in total. The lowest BCUT2D eigenvalue weighted by atomic mass is 10.2. The summed E-state index contributed by atoms with van der Waals surface area (Å²) in [5.41, 5.74) is 2.27. The van der Waals surface area contributed by atoms with Gasteiger partial charge in [0.05, 0.1) is 11.4 Å². The van der Waals surface area contributed by atoms with Crippen LogP contribution in [0.25, 0.3) is 0 Å². The van der Waals surface area contributed by atoms with E-state index in [1.54, 1.807) is 0 Å². The minimum absolute atomic E-state index is 0.211. The van der Waals surface area contributed by atoms with Crippen molar-refractivity contribution in [1.82, 2.24) is 0 Å². The molecule has 1 aromatic rings. The average Bonchev–Trinajstić information content (AvgIpc) is 2.49. The zero-order valence-corrected chi connectivity index (χ0v) is 11.9. The summed E-state index contributed by atoms with van der Waals surface area (Å²) >= 11 is 6.09. The van der Waals surface area contributed by atoms with Gasteiger partial charge in [-0.1, -0.05) is 11.6 Å². The summed E-state index contributed by atoms with van der Waals surface area (Å²) in [5.74, 6) is -0.738. The number of hydrogen-bond acceptors (Lipinski definition) is 3. The van der Waals surface area contributed by atoms with Gasteiger partial charge in [-0.05, 0) is 31.0 Å². The summed E-state index contributed by atoms with van der Waals surface area (Å²) in [6.45, 7) is 2.70. The topological polar surface area (TPSA) is 43.8 Å². The minimum Gasteiger partial charge on any atom is -0.481 e. The highest BCUT2D eigenvalue weighted by Gasteiger charge is 2.18. The summed E-state index contributed by atoms with van der Waals surface area (Å²) in [7, 11) is 2.08. The molecule has 0 unspecified atom stereocenters. The van der Waals surface area contributed by atoms with Crippen molar-refractivity contribution < 1.29 is 9.90 Å². The molecule has 19 heavy (non-hydrogen) atoms. The number of benzene rings is 1. The Hall–Kier alpha value is -1.42. The average molecular weight is 283 g/mol. The molecule has 104 valence electrons. The summed E-state index contributed by atoms with van der Waals surface area (Å²) in [4.78, 5) is 15.1. The Morgan fingerprint density at radius 1 is 1.37 bits per heavy atom. The molecule has 2 rings (SSSR count). The van der Waals surface area contributed by atoms with Crippen molar-refractivity contribution in [2.75, 3.05) is 36.5 Å². The molecule has 0 saturated heterocycles. The van der Waals surface area contributed by atoms with Crippen LogP contribution in [0.3, 0.4) is 0 Å². The van der Waals surface area contributed by atoms with E-state index >= 15 is 0 Å². The SMILES string of the molecule is CN1CCCN(CCCC(=O)O)c2cc(Cl)ccc21. The molecule has 1 aliphatic rings. The molecule has 0 atom stereocenters. The molecule has 0 saturated carbocycles. The second-order valence-electron chi connectivity index (χ2n) is 4.89. The van der Waals surface area contributed by atoms with Crippen molar-refractivity contribution in [2.24, 2.45) is 0 Å². The molecular weight excluding hydrogens is 264 g/mol. The molecule has 1 aliphatic heterocycles. The first-order valence-corrected chi connectivity index (χ1v) is 6.93. The van der Waals surface area contributed by atoms with Gasteiger partial charge in [0.1, 0.15) is 0 Å². The lowest BCUT2D eigenvalue weighted by molar-refractivity contribution is -0.137. The van der Waals surface area contributed by atoms with Gasteiger partial charge >= 0.3 is 5.97 Å². The number of carboxylic acid groups (broad SMARTS) is 1. The molecule has 5 heteroatoms. The van der Waals surface area contributed by atoms with Gasteiger partial charge in [-0.15, -0.1) is 0 Å². The van der Waals surface area contributed by atoms with Crippen LogP contribution in [0.2, 0.25) is 5.02 Å². The van der Waals surface area contributed by atoms with Gasteiger partial charge in [-0.2, -0.15) is 0 Å². The molecule has 0 radical (unpaired) electrons. The Balaban J connectivity index is 2.17. The first-order valence-electron chi connectivity index (χ1n) is 6.55. The van der Waals surface area contributed by atoms with E-state index in [1.807, 2.05) is 18.2 Å². The standard InChI is InChI=1S/C14H19ClN2O2/c1-16-7-3-9-17(8-2-4-14(18)19)13-10-11(15)5-6-12(13)16/h5-6,10H,2-4,7-9H2,1H3,(H,18,19).